The Labute approximate surface area is 88.4 Å². The SMILES string of the molecule is C=CC[C@H](C(=O)OC(C)C)[C@H](O)C(=O)O. The summed E-state index contributed by atoms with van der Waals surface area (Å²) in [4.78, 5) is 21.9. The molecule has 0 aromatic heterocycles. The molecule has 86 valence electrons. The van der Waals surface area contributed by atoms with E-state index >= 15 is 0 Å². The normalized spacial score (nSPS) is 14.4. The Balaban J connectivity index is 4.57. The molecule has 0 heterocycles. The molecule has 0 saturated heterocycles. The van der Waals surface area contributed by atoms with Gasteiger partial charge in [0.15, 0.2) is 6.10 Å². The number of aliphatic hydroxyl groups excluding tert-OH is 1. The summed E-state index contributed by atoms with van der Waals surface area (Å²) in [6, 6.07) is 0. The van der Waals surface area contributed by atoms with E-state index in [1.165, 1.54) is 6.08 Å². The number of aliphatic hydroxyl groups is 1. The number of allylic oxidation sites excluding steroid dienone is 1. The molecule has 0 aliphatic rings. The number of carbonyl (C=O) groups excluding carboxylic acids is 1. The van der Waals surface area contributed by atoms with Gasteiger partial charge in [-0.1, -0.05) is 6.08 Å². The van der Waals surface area contributed by atoms with Crippen molar-refractivity contribution < 1.29 is 24.5 Å². The highest BCUT2D eigenvalue weighted by molar-refractivity contribution is 5.82. The van der Waals surface area contributed by atoms with Gasteiger partial charge in [-0.2, -0.15) is 0 Å². The molecule has 0 aromatic rings. The number of esters is 1. The highest BCUT2D eigenvalue weighted by atomic mass is 16.5. The quantitative estimate of drug-likeness (QED) is 0.501. The predicted molar refractivity (Wildman–Crippen MR) is 53.2 cm³/mol. The Hall–Kier alpha value is -1.36. The average Bonchev–Trinajstić information content (AvgIpc) is 2.11. The van der Waals surface area contributed by atoms with Crippen molar-refractivity contribution in [2.75, 3.05) is 0 Å². The maximum Gasteiger partial charge on any atom is 0.333 e. The molecular formula is C10H16O5. The topological polar surface area (TPSA) is 83.8 Å². The summed E-state index contributed by atoms with van der Waals surface area (Å²) >= 11 is 0. The first-order valence-electron chi connectivity index (χ1n) is 4.62. The van der Waals surface area contributed by atoms with Gasteiger partial charge in [0.2, 0.25) is 0 Å². The first-order chi connectivity index (χ1) is 6.90. The van der Waals surface area contributed by atoms with Crippen LogP contribution in [0.4, 0.5) is 0 Å². The number of hydrogen-bond donors (Lipinski definition) is 2. The fraction of sp³-hybridized carbons (Fsp3) is 0.600. The maximum atomic E-state index is 11.4. The van der Waals surface area contributed by atoms with Crippen LogP contribution in [0.15, 0.2) is 12.7 Å². The molecular weight excluding hydrogens is 200 g/mol. The molecule has 0 aliphatic heterocycles. The minimum Gasteiger partial charge on any atom is -0.479 e. The molecule has 0 spiro atoms. The molecule has 2 N–H and O–H groups in total. The fourth-order valence-corrected chi connectivity index (χ4v) is 1.03. The number of rotatable bonds is 6. The summed E-state index contributed by atoms with van der Waals surface area (Å²) in [6.07, 6.45) is -0.655. The van der Waals surface area contributed by atoms with Crippen LogP contribution < -0.4 is 0 Å². The molecule has 0 radical (unpaired) electrons. The molecule has 0 fully saturated rings. The Kier molecular flexibility index (Phi) is 5.62. The third-order valence-corrected chi connectivity index (χ3v) is 1.71. The lowest BCUT2D eigenvalue weighted by Crippen LogP contribution is -2.36. The highest BCUT2D eigenvalue weighted by Gasteiger charge is 2.32. The van der Waals surface area contributed by atoms with Gasteiger partial charge in [0.25, 0.3) is 0 Å². The van der Waals surface area contributed by atoms with Crippen LogP contribution in [0.3, 0.4) is 0 Å². The van der Waals surface area contributed by atoms with Crippen molar-refractivity contribution in [3.63, 3.8) is 0 Å². The maximum absolute atomic E-state index is 11.4. The molecule has 0 aromatic carbocycles. The zero-order valence-corrected chi connectivity index (χ0v) is 8.84. The van der Waals surface area contributed by atoms with E-state index in [1.807, 2.05) is 0 Å². The van der Waals surface area contributed by atoms with Crippen molar-refractivity contribution >= 4 is 11.9 Å². The second-order valence-electron chi connectivity index (χ2n) is 3.40. The van der Waals surface area contributed by atoms with Crippen LogP contribution in [-0.4, -0.2) is 34.4 Å². The van der Waals surface area contributed by atoms with Crippen LogP contribution in [0.5, 0.6) is 0 Å². The Bertz CT molecular complexity index is 246. The number of hydrogen-bond acceptors (Lipinski definition) is 4. The van der Waals surface area contributed by atoms with Gasteiger partial charge in [-0.05, 0) is 20.3 Å². The Morgan fingerprint density at radius 3 is 2.33 bits per heavy atom. The zero-order valence-electron chi connectivity index (χ0n) is 8.84. The van der Waals surface area contributed by atoms with Gasteiger partial charge in [0, 0.05) is 0 Å². The van der Waals surface area contributed by atoms with E-state index < -0.39 is 24.0 Å². The number of carboxylic acid groups (broad SMARTS) is 1. The monoisotopic (exact) mass is 216 g/mol. The van der Waals surface area contributed by atoms with Gasteiger partial charge in [0.05, 0.1) is 12.0 Å². The smallest absolute Gasteiger partial charge is 0.333 e. The van der Waals surface area contributed by atoms with E-state index in [2.05, 4.69) is 6.58 Å². The van der Waals surface area contributed by atoms with Crippen molar-refractivity contribution in [1.82, 2.24) is 0 Å². The summed E-state index contributed by atoms with van der Waals surface area (Å²) in [5, 5.41) is 17.8. The Morgan fingerprint density at radius 2 is 2.00 bits per heavy atom. The summed E-state index contributed by atoms with van der Waals surface area (Å²) in [6.45, 7) is 6.69. The van der Waals surface area contributed by atoms with Gasteiger partial charge in [-0.25, -0.2) is 4.79 Å². The van der Waals surface area contributed by atoms with Crippen molar-refractivity contribution in [3.8, 4) is 0 Å². The van der Waals surface area contributed by atoms with E-state index in [0.717, 1.165) is 0 Å². The van der Waals surface area contributed by atoms with Crippen molar-refractivity contribution in [2.45, 2.75) is 32.5 Å². The van der Waals surface area contributed by atoms with Gasteiger partial charge >= 0.3 is 11.9 Å². The largest absolute Gasteiger partial charge is 0.479 e. The molecule has 0 saturated carbocycles. The summed E-state index contributed by atoms with van der Waals surface area (Å²) in [5.74, 6) is -3.26. The predicted octanol–water partition coefficient (Wildman–Crippen LogP) is 0.576. The molecule has 0 amide bonds. The van der Waals surface area contributed by atoms with Crippen LogP contribution in [0.25, 0.3) is 0 Å². The molecule has 0 rings (SSSR count). The van der Waals surface area contributed by atoms with Crippen molar-refractivity contribution in [2.24, 2.45) is 5.92 Å². The van der Waals surface area contributed by atoms with E-state index in [-0.39, 0.29) is 12.5 Å². The molecule has 5 heteroatoms. The molecule has 0 unspecified atom stereocenters. The van der Waals surface area contributed by atoms with Gasteiger partial charge in [-0.15, -0.1) is 6.58 Å². The second kappa shape index (κ2) is 6.19. The van der Waals surface area contributed by atoms with Crippen LogP contribution >= 0.6 is 0 Å². The van der Waals surface area contributed by atoms with Crippen molar-refractivity contribution in [1.29, 1.82) is 0 Å². The average molecular weight is 216 g/mol. The van der Waals surface area contributed by atoms with Crippen LogP contribution in [0.2, 0.25) is 0 Å². The number of carboxylic acids is 1. The lowest BCUT2D eigenvalue weighted by molar-refractivity contribution is -0.165. The highest BCUT2D eigenvalue weighted by Crippen LogP contribution is 2.13. The van der Waals surface area contributed by atoms with Crippen molar-refractivity contribution in [3.05, 3.63) is 12.7 Å². The molecule has 15 heavy (non-hydrogen) atoms. The summed E-state index contributed by atoms with van der Waals surface area (Å²) in [5.41, 5.74) is 0. The van der Waals surface area contributed by atoms with Gasteiger partial charge < -0.3 is 14.9 Å². The van der Waals surface area contributed by atoms with Gasteiger partial charge in [0.1, 0.15) is 0 Å². The van der Waals surface area contributed by atoms with E-state index in [0.29, 0.717) is 0 Å². The third kappa shape index (κ3) is 4.60. The number of aliphatic carboxylic acids is 1. The van der Waals surface area contributed by atoms with Gasteiger partial charge in [-0.3, -0.25) is 4.79 Å². The summed E-state index contributed by atoms with van der Waals surface area (Å²) in [7, 11) is 0. The van der Waals surface area contributed by atoms with E-state index in [1.54, 1.807) is 13.8 Å². The van der Waals surface area contributed by atoms with E-state index in [4.69, 9.17) is 9.84 Å². The first-order valence-corrected chi connectivity index (χ1v) is 4.62. The first kappa shape index (κ1) is 13.6. The van der Waals surface area contributed by atoms with Crippen LogP contribution in [0, 0.1) is 5.92 Å². The fourth-order valence-electron chi connectivity index (χ4n) is 1.03. The lowest BCUT2D eigenvalue weighted by atomic mass is 9.99. The van der Waals surface area contributed by atoms with Crippen LogP contribution in [0.1, 0.15) is 20.3 Å². The number of carbonyl (C=O) groups is 2. The zero-order chi connectivity index (χ0) is 12.0. The molecule has 2 atom stereocenters. The van der Waals surface area contributed by atoms with E-state index in [9.17, 15) is 14.7 Å². The molecule has 0 bridgehead atoms. The third-order valence-electron chi connectivity index (χ3n) is 1.71. The standard InChI is InChI=1S/C10H16O5/c1-4-5-7(8(11)9(12)13)10(14)15-6(2)3/h4,6-8,11H,1,5H2,2-3H3,(H,12,13)/t7-,8-/m0/s1. The minimum absolute atomic E-state index is 0.0685. The second-order valence-corrected chi connectivity index (χ2v) is 3.40. The number of ether oxygens (including phenoxy) is 1. The minimum atomic E-state index is -1.76. The molecule has 0 aliphatic carbocycles. The van der Waals surface area contributed by atoms with Crippen LogP contribution in [-0.2, 0) is 14.3 Å². The lowest BCUT2D eigenvalue weighted by Gasteiger charge is -2.18. The Morgan fingerprint density at radius 1 is 1.47 bits per heavy atom. The summed E-state index contributed by atoms with van der Waals surface area (Å²) < 4.78 is 4.83. The molecule has 5 nitrogen and oxygen atoms in total.